The summed E-state index contributed by atoms with van der Waals surface area (Å²) in [6.45, 7) is 4.53. The summed E-state index contributed by atoms with van der Waals surface area (Å²) in [4.78, 5) is 0. The molecule has 0 aliphatic carbocycles. The van der Waals surface area contributed by atoms with E-state index in [0.29, 0.717) is 6.04 Å². The van der Waals surface area contributed by atoms with Crippen molar-refractivity contribution < 1.29 is 0 Å². The van der Waals surface area contributed by atoms with Gasteiger partial charge in [0, 0.05) is 6.04 Å². The van der Waals surface area contributed by atoms with Crippen LogP contribution in [0.2, 0.25) is 0 Å². The summed E-state index contributed by atoms with van der Waals surface area (Å²) in [5.41, 5.74) is 6.37. The summed E-state index contributed by atoms with van der Waals surface area (Å²) in [7, 11) is 0. The molecule has 0 atom stereocenters. The summed E-state index contributed by atoms with van der Waals surface area (Å²) in [5.74, 6) is 0. The molecule has 0 fully saturated rings. The maximum absolute atomic E-state index is 6.37. The Balaban J connectivity index is 3.29. The molecule has 1 nitrogen and oxygen atoms in total. The Morgan fingerprint density at radius 1 is 0.368 bits per heavy atom. The van der Waals surface area contributed by atoms with Crippen LogP contribution in [0.3, 0.4) is 0 Å². The van der Waals surface area contributed by atoms with Crippen LogP contribution in [0.1, 0.15) is 181 Å². The fourth-order valence-electron chi connectivity index (χ4n) is 4.93. The van der Waals surface area contributed by atoms with Gasteiger partial charge in [0.1, 0.15) is 0 Å². The van der Waals surface area contributed by atoms with Crippen molar-refractivity contribution in [2.24, 2.45) is 5.73 Å². The van der Waals surface area contributed by atoms with Crippen molar-refractivity contribution >= 4 is 0 Å². The van der Waals surface area contributed by atoms with Gasteiger partial charge >= 0.3 is 0 Å². The van der Waals surface area contributed by atoms with Gasteiger partial charge in [-0.2, -0.15) is 0 Å². The first-order valence-corrected chi connectivity index (χ1v) is 17.2. The molecule has 0 unspecified atom stereocenters. The van der Waals surface area contributed by atoms with E-state index in [9.17, 15) is 0 Å². The maximum atomic E-state index is 6.37. The topological polar surface area (TPSA) is 26.0 Å². The van der Waals surface area contributed by atoms with Crippen LogP contribution >= 0.6 is 0 Å². The predicted molar refractivity (Wildman–Crippen MR) is 176 cm³/mol. The Morgan fingerprint density at radius 2 is 0.658 bits per heavy atom. The lowest BCUT2D eigenvalue weighted by molar-refractivity contribution is 0.482. The van der Waals surface area contributed by atoms with Crippen LogP contribution in [0.25, 0.3) is 0 Å². The molecule has 1 heteroatoms. The van der Waals surface area contributed by atoms with Crippen LogP contribution in [0, 0.1) is 0 Å². The van der Waals surface area contributed by atoms with Gasteiger partial charge in [0.25, 0.3) is 0 Å². The second kappa shape index (κ2) is 33.9. The van der Waals surface area contributed by atoms with Gasteiger partial charge in [-0.1, -0.05) is 152 Å². The summed E-state index contributed by atoms with van der Waals surface area (Å²) < 4.78 is 0. The molecular weight excluding hydrogens is 458 g/mol. The monoisotopic (exact) mass is 528 g/mol. The number of hydrogen-bond acceptors (Lipinski definition) is 1. The van der Waals surface area contributed by atoms with Gasteiger partial charge in [0.2, 0.25) is 0 Å². The molecule has 0 aliphatic rings. The molecule has 0 saturated carbocycles. The molecule has 0 aromatic heterocycles. The fraction of sp³-hybridized carbons (Fsp3) is 0.784. The van der Waals surface area contributed by atoms with Gasteiger partial charge in [-0.15, -0.1) is 0 Å². The first kappa shape index (κ1) is 36.9. The van der Waals surface area contributed by atoms with Crippen LogP contribution in [-0.4, -0.2) is 6.04 Å². The second-order valence-corrected chi connectivity index (χ2v) is 11.5. The SMILES string of the molecule is CCCCCC=CCC=CCCCCCCCCC(N)CCCCCCCCC=CCC=CCCCCC. The zero-order valence-corrected chi connectivity index (χ0v) is 26.2. The molecule has 0 radical (unpaired) electrons. The van der Waals surface area contributed by atoms with E-state index in [4.69, 9.17) is 5.73 Å². The summed E-state index contributed by atoms with van der Waals surface area (Å²) in [6, 6.07) is 0.437. The molecule has 0 saturated heterocycles. The normalized spacial score (nSPS) is 13.2. The molecule has 38 heavy (non-hydrogen) atoms. The second-order valence-electron chi connectivity index (χ2n) is 11.5. The quantitative estimate of drug-likeness (QED) is 0.0729. The minimum Gasteiger partial charge on any atom is -0.328 e. The zero-order chi connectivity index (χ0) is 27.6. The molecule has 0 amide bonds. The Labute approximate surface area is 240 Å². The van der Waals surface area contributed by atoms with Crippen molar-refractivity contribution in [1.29, 1.82) is 0 Å². The highest BCUT2D eigenvalue weighted by atomic mass is 14.6. The van der Waals surface area contributed by atoms with Crippen molar-refractivity contribution in [3.05, 3.63) is 48.6 Å². The van der Waals surface area contributed by atoms with Gasteiger partial charge in [-0.3, -0.25) is 0 Å². The molecule has 0 aromatic carbocycles. The van der Waals surface area contributed by atoms with E-state index in [1.54, 1.807) is 0 Å². The minimum atomic E-state index is 0.437. The first-order valence-electron chi connectivity index (χ1n) is 17.2. The Morgan fingerprint density at radius 3 is 1.00 bits per heavy atom. The highest BCUT2D eigenvalue weighted by Gasteiger charge is 2.02. The smallest absolute Gasteiger partial charge is 0.00388 e. The van der Waals surface area contributed by atoms with E-state index in [2.05, 4.69) is 62.5 Å². The van der Waals surface area contributed by atoms with E-state index in [0.717, 1.165) is 12.8 Å². The van der Waals surface area contributed by atoms with Crippen molar-refractivity contribution in [3.63, 3.8) is 0 Å². The van der Waals surface area contributed by atoms with Gasteiger partial charge in [-0.25, -0.2) is 0 Å². The summed E-state index contributed by atoms with van der Waals surface area (Å²) in [6.07, 6.45) is 53.0. The van der Waals surface area contributed by atoms with Crippen molar-refractivity contribution in [3.8, 4) is 0 Å². The Hall–Kier alpha value is -1.08. The van der Waals surface area contributed by atoms with E-state index >= 15 is 0 Å². The molecule has 0 aromatic rings. The number of unbranched alkanes of at least 4 members (excludes halogenated alkanes) is 18. The average Bonchev–Trinajstić information content (AvgIpc) is 2.92. The number of hydrogen-bond donors (Lipinski definition) is 1. The zero-order valence-electron chi connectivity index (χ0n) is 26.2. The Bertz CT molecular complexity index is 493. The standard InChI is InChI=1S/C37H69N/c1-3-5-7-9-11-13-15-17-19-21-23-25-27-29-31-33-35-37(38)36-34-32-30-28-26-24-22-20-18-16-14-12-10-8-6-4-2/h11-14,17-20,37H,3-10,15-16,21-36,38H2,1-2H3. The van der Waals surface area contributed by atoms with E-state index in [-0.39, 0.29) is 0 Å². The third kappa shape index (κ3) is 32.9. The van der Waals surface area contributed by atoms with E-state index in [1.807, 2.05) is 0 Å². The Kier molecular flexibility index (Phi) is 33.0. The van der Waals surface area contributed by atoms with Gasteiger partial charge < -0.3 is 5.73 Å². The lowest BCUT2D eigenvalue weighted by Crippen LogP contribution is -2.19. The summed E-state index contributed by atoms with van der Waals surface area (Å²) in [5, 5.41) is 0. The van der Waals surface area contributed by atoms with Gasteiger partial charge in [0.05, 0.1) is 0 Å². The van der Waals surface area contributed by atoms with E-state index < -0.39 is 0 Å². The maximum Gasteiger partial charge on any atom is 0.00388 e. The fourth-order valence-corrected chi connectivity index (χ4v) is 4.93. The van der Waals surface area contributed by atoms with Gasteiger partial charge in [0.15, 0.2) is 0 Å². The third-order valence-corrected chi connectivity index (χ3v) is 7.55. The van der Waals surface area contributed by atoms with Gasteiger partial charge in [-0.05, 0) is 77.0 Å². The molecule has 222 valence electrons. The van der Waals surface area contributed by atoms with Crippen LogP contribution in [0.4, 0.5) is 0 Å². The van der Waals surface area contributed by atoms with Crippen molar-refractivity contribution in [2.45, 2.75) is 187 Å². The molecule has 0 spiro atoms. The van der Waals surface area contributed by atoms with Crippen molar-refractivity contribution in [2.75, 3.05) is 0 Å². The van der Waals surface area contributed by atoms with Crippen LogP contribution < -0.4 is 5.73 Å². The molecule has 0 heterocycles. The lowest BCUT2D eigenvalue weighted by atomic mass is 10.0. The van der Waals surface area contributed by atoms with Crippen molar-refractivity contribution in [1.82, 2.24) is 0 Å². The molecule has 0 rings (SSSR count). The largest absolute Gasteiger partial charge is 0.328 e. The van der Waals surface area contributed by atoms with E-state index in [1.165, 1.54) is 154 Å². The van der Waals surface area contributed by atoms with Crippen LogP contribution in [-0.2, 0) is 0 Å². The predicted octanol–water partition coefficient (Wildman–Crippen LogP) is 12.7. The number of allylic oxidation sites excluding steroid dienone is 8. The minimum absolute atomic E-state index is 0.437. The lowest BCUT2D eigenvalue weighted by Gasteiger charge is -2.11. The molecule has 0 aliphatic heterocycles. The number of rotatable bonds is 30. The highest BCUT2D eigenvalue weighted by Crippen LogP contribution is 2.14. The molecule has 2 N–H and O–H groups in total. The highest BCUT2D eigenvalue weighted by molar-refractivity contribution is 4.93. The molecule has 0 bridgehead atoms. The summed E-state index contributed by atoms with van der Waals surface area (Å²) >= 11 is 0. The average molecular weight is 528 g/mol. The van der Waals surface area contributed by atoms with Crippen LogP contribution in [0.15, 0.2) is 48.6 Å². The third-order valence-electron chi connectivity index (χ3n) is 7.55. The van der Waals surface area contributed by atoms with Crippen LogP contribution in [0.5, 0.6) is 0 Å². The molecular formula is C37H69N. The first-order chi connectivity index (χ1) is 18.8. The number of nitrogens with two attached hydrogens (primary N) is 1.